The van der Waals surface area contributed by atoms with Crippen LogP contribution in [-0.4, -0.2) is 135 Å². The van der Waals surface area contributed by atoms with E-state index in [4.69, 9.17) is 24.1 Å². The van der Waals surface area contributed by atoms with Gasteiger partial charge in [-0.25, -0.2) is 9.59 Å². The van der Waals surface area contributed by atoms with Crippen molar-refractivity contribution >= 4 is 47.4 Å². The number of hydrogen-bond donors (Lipinski definition) is 5. The molecule has 1 heterocycles. The number of unbranched alkanes of at least 4 members (excludes halogenated alkanes) is 15. The van der Waals surface area contributed by atoms with Crippen LogP contribution in [0.25, 0.3) is 0 Å². The Morgan fingerprint density at radius 1 is 0.508 bits per heavy atom. The summed E-state index contributed by atoms with van der Waals surface area (Å²) in [5.41, 5.74) is 0. The number of nitrogens with one attached hydrogen (secondary N) is 3. The minimum absolute atomic E-state index is 0.00395. The predicted molar refractivity (Wildman–Crippen MR) is 221 cm³/mol. The predicted octanol–water partition coefficient (Wildman–Crippen LogP) is 3.74. The van der Waals surface area contributed by atoms with Crippen LogP contribution in [0.1, 0.15) is 148 Å². The van der Waals surface area contributed by atoms with E-state index in [0.29, 0.717) is 17.9 Å². The van der Waals surface area contributed by atoms with E-state index in [1.54, 1.807) is 0 Å². The van der Waals surface area contributed by atoms with Gasteiger partial charge < -0.3 is 49.9 Å². The van der Waals surface area contributed by atoms with Gasteiger partial charge >= 0.3 is 17.9 Å². The molecule has 61 heavy (non-hydrogen) atoms. The highest BCUT2D eigenvalue weighted by Gasteiger charge is 2.32. The first-order chi connectivity index (χ1) is 29.5. The molecule has 0 aliphatic carbocycles. The summed E-state index contributed by atoms with van der Waals surface area (Å²) in [6.07, 6.45) is 19.0. The largest absolute Gasteiger partial charge is 0.481 e. The highest BCUT2D eigenvalue weighted by atomic mass is 16.7. The second-order valence-corrected chi connectivity index (χ2v) is 15.0. The third-order valence-electron chi connectivity index (χ3n) is 9.61. The van der Waals surface area contributed by atoms with Gasteiger partial charge in [-0.3, -0.25) is 28.8 Å². The summed E-state index contributed by atoms with van der Waals surface area (Å²) in [6, 6.07) is -1.04. The highest BCUT2D eigenvalue weighted by molar-refractivity contribution is 6.01. The molecule has 1 fully saturated rings. The molecule has 0 radical (unpaired) electrons. The van der Waals surface area contributed by atoms with Crippen LogP contribution in [-0.2, 0) is 62.1 Å². The van der Waals surface area contributed by atoms with Crippen molar-refractivity contribution in [1.82, 2.24) is 21.0 Å². The van der Waals surface area contributed by atoms with Gasteiger partial charge in [-0.1, -0.05) is 89.9 Å². The zero-order valence-corrected chi connectivity index (χ0v) is 36.1. The van der Waals surface area contributed by atoms with Crippen molar-refractivity contribution in [2.45, 2.75) is 154 Å². The van der Waals surface area contributed by atoms with Crippen LogP contribution in [0, 0.1) is 0 Å². The molecular formula is C42H72N4O15. The van der Waals surface area contributed by atoms with E-state index < -0.39 is 42.4 Å². The Hall–Kier alpha value is -4.20. The summed E-state index contributed by atoms with van der Waals surface area (Å²) >= 11 is 0. The van der Waals surface area contributed by atoms with E-state index in [1.807, 2.05) is 0 Å². The molecule has 0 aromatic heterocycles. The lowest BCUT2D eigenvalue weighted by Crippen LogP contribution is -2.40. The van der Waals surface area contributed by atoms with E-state index >= 15 is 0 Å². The normalized spacial score (nSPS) is 13.0. The number of aliphatic carboxylic acids is 2. The van der Waals surface area contributed by atoms with Crippen LogP contribution in [0.4, 0.5) is 0 Å². The second kappa shape index (κ2) is 37.6. The van der Waals surface area contributed by atoms with Crippen LogP contribution in [0.2, 0.25) is 0 Å². The number of rotatable bonds is 42. The van der Waals surface area contributed by atoms with Crippen LogP contribution >= 0.6 is 0 Å². The van der Waals surface area contributed by atoms with Gasteiger partial charge in [-0.05, 0) is 25.7 Å². The molecule has 0 saturated carbocycles. The minimum Gasteiger partial charge on any atom is -0.481 e. The number of amides is 5. The van der Waals surface area contributed by atoms with Crippen LogP contribution in [0.5, 0.6) is 0 Å². The van der Waals surface area contributed by atoms with E-state index in [9.17, 15) is 43.5 Å². The van der Waals surface area contributed by atoms with Gasteiger partial charge in [-0.15, -0.1) is 5.06 Å². The van der Waals surface area contributed by atoms with Gasteiger partial charge in [-0.2, -0.15) is 0 Å². The van der Waals surface area contributed by atoms with Gasteiger partial charge in [0.25, 0.3) is 11.8 Å². The average molecular weight is 873 g/mol. The van der Waals surface area contributed by atoms with Gasteiger partial charge in [0, 0.05) is 45.2 Å². The fraction of sp³-hybridized carbons (Fsp3) is 0.810. The number of carboxylic acids is 2. The Kier molecular flexibility index (Phi) is 33.7. The minimum atomic E-state index is -1.13. The molecular weight excluding hydrogens is 800 g/mol. The monoisotopic (exact) mass is 872 g/mol. The van der Waals surface area contributed by atoms with Crippen molar-refractivity contribution in [2.24, 2.45) is 0 Å². The number of carbonyl (C=O) groups is 8. The summed E-state index contributed by atoms with van der Waals surface area (Å²) in [6.45, 7) is 0.787. The van der Waals surface area contributed by atoms with Crippen molar-refractivity contribution in [3.05, 3.63) is 0 Å². The molecule has 19 nitrogen and oxygen atoms in total. The molecule has 0 spiro atoms. The fourth-order valence-corrected chi connectivity index (χ4v) is 6.24. The molecule has 0 aromatic carbocycles. The zero-order chi connectivity index (χ0) is 44.8. The summed E-state index contributed by atoms with van der Waals surface area (Å²) in [7, 11) is 0. The first kappa shape index (κ1) is 54.8. The van der Waals surface area contributed by atoms with Gasteiger partial charge in [0.1, 0.15) is 19.3 Å². The molecule has 5 N–H and O–H groups in total. The molecule has 1 aliphatic rings. The Bertz CT molecular complexity index is 1270. The molecule has 1 aliphatic heterocycles. The van der Waals surface area contributed by atoms with Crippen LogP contribution < -0.4 is 16.0 Å². The summed E-state index contributed by atoms with van der Waals surface area (Å²) in [5, 5.41) is 26.5. The lowest BCUT2D eigenvalue weighted by atomic mass is 10.0. The maximum absolute atomic E-state index is 12.3. The Morgan fingerprint density at radius 3 is 1.43 bits per heavy atom. The number of hydroxylamine groups is 2. The van der Waals surface area contributed by atoms with Crippen LogP contribution in [0.15, 0.2) is 0 Å². The van der Waals surface area contributed by atoms with Crippen molar-refractivity contribution in [3.8, 4) is 0 Å². The quantitative estimate of drug-likeness (QED) is 0.0432. The first-order valence-corrected chi connectivity index (χ1v) is 22.1. The Balaban J connectivity index is 1.89. The van der Waals surface area contributed by atoms with E-state index in [2.05, 4.69) is 20.8 Å². The van der Waals surface area contributed by atoms with Crippen molar-refractivity contribution < 1.29 is 72.4 Å². The van der Waals surface area contributed by atoms with Crippen molar-refractivity contribution in [3.63, 3.8) is 0 Å². The van der Waals surface area contributed by atoms with E-state index in [-0.39, 0.29) is 116 Å². The number of carbonyl (C=O) groups excluding carboxylic acids is 6. The number of nitrogens with zero attached hydrogens (tertiary/aromatic N) is 1. The summed E-state index contributed by atoms with van der Waals surface area (Å²) in [5.74, 6) is -4.76. The molecule has 0 unspecified atom stereocenters. The van der Waals surface area contributed by atoms with Gasteiger partial charge in [0.2, 0.25) is 17.7 Å². The third-order valence-corrected chi connectivity index (χ3v) is 9.61. The fourth-order valence-electron chi connectivity index (χ4n) is 6.24. The lowest BCUT2D eigenvalue weighted by molar-refractivity contribution is -0.200. The molecule has 0 aromatic rings. The van der Waals surface area contributed by atoms with Gasteiger partial charge in [0.15, 0.2) is 0 Å². The molecule has 1 saturated heterocycles. The SMILES string of the molecule is O=C(O)CCCCCCCCCCCCCCCCCCC(=O)N[C@@H](CCCC(=O)NCCOCCOCC(=O)NCCOCCOCC(=O)ON1C(=O)CCC1=O)C(=O)O. The standard InChI is InChI=1S/C42H72N4O15/c47-35(43-24-26-57-28-30-59-32-37(49)44-25-27-58-29-31-60-33-41(54)61-46-38(50)22-23-39(46)51)20-17-18-34(42(55)56)45-36(48)19-15-13-11-9-7-5-3-1-2-4-6-8-10-12-14-16-21-40(52)53/h34H,1-33H2,(H,43,47)(H,44,49)(H,45,48)(H,52,53)(H,55,56)/t34-/m0/s1. The number of carboxylic acid groups (broad SMARTS) is 2. The van der Waals surface area contributed by atoms with Crippen LogP contribution in [0.3, 0.4) is 0 Å². The molecule has 5 amide bonds. The smallest absolute Gasteiger partial charge is 0.358 e. The highest BCUT2D eigenvalue weighted by Crippen LogP contribution is 2.15. The average Bonchev–Trinajstić information content (AvgIpc) is 3.53. The van der Waals surface area contributed by atoms with Gasteiger partial charge in [0.05, 0.1) is 39.6 Å². The second-order valence-electron chi connectivity index (χ2n) is 15.0. The third kappa shape index (κ3) is 33.2. The number of imide groups is 1. The Labute approximate surface area is 360 Å². The zero-order valence-electron chi connectivity index (χ0n) is 36.1. The van der Waals surface area contributed by atoms with E-state index in [0.717, 1.165) is 38.5 Å². The first-order valence-electron chi connectivity index (χ1n) is 22.1. The molecule has 19 heteroatoms. The summed E-state index contributed by atoms with van der Waals surface area (Å²) < 4.78 is 21.0. The molecule has 1 rings (SSSR count). The Morgan fingerprint density at radius 2 is 0.934 bits per heavy atom. The molecule has 0 bridgehead atoms. The van der Waals surface area contributed by atoms with E-state index in [1.165, 1.54) is 57.8 Å². The molecule has 350 valence electrons. The summed E-state index contributed by atoms with van der Waals surface area (Å²) in [4.78, 5) is 97.7. The number of hydrogen-bond acceptors (Lipinski definition) is 13. The maximum atomic E-state index is 12.3. The molecule has 1 atom stereocenters. The maximum Gasteiger partial charge on any atom is 0.358 e. The van der Waals surface area contributed by atoms with Crippen molar-refractivity contribution in [1.29, 1.82) is 0 Å². The number of ether oxygens (including phenoxy) is 4. The topological polar surface area (TPSA) is 262 Å². The van der Waals surface area contributed by atoms with Crippen molar-refractivity contribution in [2.75, 3.05) is 65.9 Å². The lowest BCUT2D eigenvalue weighted by Gasteiger charge is -2.14.